The van der Waals surface area contributed by atoms with Crippen molar-refractivity contribution in [3.05, 3.63) is 59.9 Å². The first-order valence-electron chi connectivity index (χ1n) is 9.25. The van der Waals surface area contributed by atoms with Crippen LogP contribution in [0.5, 0.6) is 0 Å². The standard InChI is InChI=1S/C21H19F3N4O2/c1-12(10-29)26-20(30)13-3-8-17-16(9-13)18-19(25-11-27(18)2)28(17)15-6-4-14(5-7-15)21(22,23)24/h3-9,11-12,29H,10H2,1-2H3,(H,26,30)/t12-/m1/s1. The second kappa shape index (κ2) is 7.17. The van der Waals surface area contributed by atoms with Crippen molar-refractivity contribution in [3.63, 3.8) is 0 Å². The highest BCUT2D eigenvalue weighted by molar-refractivity contribution is 6.09. The Labute approximate surface area is 169 Å². The summed E-state index contributed by atoms with van der Waals surface area (Å²) in [5.74, 6) is -0.323. The van der Waals surface area contributed by atoms with Crippen molar-refractivity contribution in [2.75, 3.05) is 6.61 Å². The second-order valence-electron chi connectivity index (χ2n) is 7.20. The number of rotatable bonds is 4. The lowest BCUT2D eigenvalue weighted by Gasteiger charge is -2.11. The van der Waals surface area contributed by atoms with Crippen LogP contribution >= 0.6 is 0 Å². The van der Waals surface area contributed by atoms with Crippen molar-refractivity contribution >= 4 is 28.0 Å². The van der Waals surface area contributed by atoms with Gasteiger partial charge in [0.05, 0.1) is 29.5 Å². The van der Waals surface area contributed by atoms with Crippen molar-refractivity contribution in [3.8, 4) is 5.69 Å². The van der Waals surface area contributed by atoms with E-state index in [1.165, 1.54) is 12.1 Å². The van der Waals surface area contributed by atoms with E-state index >= 15 is 0 Å². The largest absolute Gasteiger partial charge is 0.416 e. The molecule has 0 bridgehead atoms. The Balaban J connectivity index is 1.87. The normalized spacial score (nSPS) is 13.1. The number of carbonyl (C=O) groups excluding carboxylic acids is 1. The number of carbonyl (C=O) groups is 1. The Morgan fingerprint density at radius 1 is 1.20 bits per heavy atom. The van der Waals surface area contributed by atoms with Gasteiger partial charge < -0.3 is 15.0 Å². The van der Waals surface area contributed by atoms with Crippen LogP contribution in [0.25, 0.3) is 27.8 Å². The lowest BCUT2D eigenvalue weighted by Crippen LogP contribution is -2.34. The van der Waals surface area contributed by atoms with Gasteiger partial charge in [-0.15, -0.1) is 0 Å². The Kier molecular flexibility index (Phi) is 4.77. The maximum Gasteiger partial charge on any atom is 0.416 e. The SMILES string of the molecule is C[C@H](CO)NC(=O)c1ccc2c(c1)c1c(ncn1C)n2-c1ccc(C(F)(F)F)cc1. The molecule has 0 fully saturated rings. The Hall–Kier alpha value is -3.33. The van der Waals surface area contributed by atoms with Crippen molar-refractivity contribution in [1.82, 2.24) is 19.4 Å². The van der Waals surface area contributed by atoms with E-state index in [1.807, 2.05) is 7.05 Å². The number of aromatic nitrogens is 3. The number of hydrogen-bond acceptors (Lipinski definition) is 3. The third kappa shape index (κ3) is 3.30. The van der Waals surface area contributed by atoms with Crippen LogP contribution in [-0.4, -0.2) is 37.8 Å². The number of nitrogens with one attached hydrogen (secondary N) is 1. The van der Waals surface area contributed by atoms with Gasteiger partial charge >= 0.3 is 6.18 Å². The van der Waals surface area contributed by atoms with Crippen LogP contribution in [0.2, 0.25) is 0 Å². The molecule has 0 spiro atoms. The lowest BCUT2D eigenvalue weighted by molar-refractivity contribution is -0.137. The van der Waals surface area contributed by atoms with Crippen molar-refractivity contribution < 1.29 is 23.1 Å². The fourth-order valence-corrected chi connectivity index (χ4v) is 3.48. The molecule has 0 saturated heterocycles. The summed E-state index contributed by atoms with van der Waals surface area (Å²) in [5.41, 5.74) is 2.28. The van der Waals surface area contributed by atoms with Gasteiger partial charge in [0, 0.05) is 29.7 Å². The first-order chi connectivity index (χ1) is 14.2. The van der Waals surface area contributed by atoms with E-state index in [0.29, 0.717) is 16.9 Å². The molecular formula is C21H19F3N4O2. The topological polar surface area (TPSA) is 72.1 Å². The van der Waals surface area contributed by atoms with Gasteiger partial charge in [-0.25, -0.2) is 4.98 Å². The molecule has 0 aliphatic heterocycles. The lowest BCUT2D eigenvalue weighted by atomic mass is 10.1. The Morgan fingerprint density at radius 2 is 1.90 bits per heavy atom. The summed E-state index contributed by atoms with van der Waals surface area (Å²) in [6.45, 7) is 1.51. The molecular weight excluding hydrogens is 397 g/mol. The highest BCUT2D eigenvalue weighted by atomic mass is 19.4. The second-order valence-corrected chi connectivity index (χ2v) is 7.20. The van der Waals surface area contributed by atoms with Crippen LogP contribution < -0.4 is 5.32 Å². The van der Waals surface area contributed by atoms with Crippen LogP contribution in [0, 0.1) is 0 Å². The maximum absolute atomic E-state index is 12.9. The van der Waals surface area contributed by atoms with E-state index in [4.69, 9.17) is 5.11 Å². The maximum atomic E-state index is 12.9. The molecule has 2 aromatic carbocycles. The molecule has 2 heterocycles. The minimum atomic E-state index is -4.41. The summed E-state index contributed by atoms with van der Waals surface area (Å²) < 4.78 is 42.4. The molecule has 2 N–H and O–H groups in total. The van der Waals surface area contributed by atoms with E-state index in [1.54, 1.807) is 40.6 Å². The summed E-state index contributed by atoms with van der Waals surface area (Å²) in [6, 6.07) is 9.59. The fourth-order valence-electron chi connectivity index (χ4n) is 3.48. The molecule has 4 aromatic rings. The predicted molar refractivity (Wildman–Crippen MR) is 107 cm³/mol. The third-order valence-corrected chi connectivity index (χ3v) is 4.99. The van der Waals surface area contributed by atoms with Gasteiger partial charge in [-0.3, -0.25) is 9.36 Å². The number of imidazole rings is 1. The highest BCUT2D eigenvalue weighted by Gasteiger charge is 2.30. The van der Waals surface area contributed by atoms with E-state index in [0.717, 1.165) is 28.6 Å². The molecule has 1 atom stereocenters. The molecule has 30 heavy (non-hydrogen) atoms. The zero-order valence-corrected chi connectivity index (χ0v) is 16.2. The van der Waals surface area contributed by atoms with Gasteiger partial charge in [0.2, 0.25) is 0 Å². The van der Waals surface area contributed by atoms with E-state index in [9.17, 15) is 18.0 Å². The van der Waals surface area contributed by atoms with Gasteiger partial charge in [-0.1, -0.05) is 0 Å². The number of halogens is 3. The highest BCUT2D eigenvalue weighted by Crippen LogP contribution is 2.34. The van der Waals surface area contributed by atoms with Gasteiger partial charge in [0.25, 0.3) is 5.91 Å². The van der Waals surface area contributed by atoms with Crippen LogP contribution in [-0.2, 0) is 13.2 Å². The molecule has 156 valence electrons. The molecule has 0 radical (unpaired) electrons. The minimum absolute atomic E-state index is 0.176. The van der Waals surface area contributed by atoms with Crippen LogP contribution in [0.3, 0.4) is 0 Å². The molecule has 6 nitrogen and oxygen atoms in total. The number of fused-ring (bicyclic) bond motifs is 3. The third-order valence-electron chi connectivity index (χ3n) is 4.99. The summed E-state index contributed by atoms with van der Waals surface area (Å²) in [4.78, 5) is 16.9. The van der Waals surface area contributed by atoms with Crippen molar-refractivity contribution in [1.29, 1.82) is 0 Å². The summed E-state index contributed by atoms with van der Waals surface area (Å²) in [5, 5.41) is 12.6. The van der Waals surface area contributed by atoms with Crippen LogP contribution in [0.15, 0.2) is 48.8 Å². The molecule has 4 rings (SSSR count). The average molecular weight is 416 g/mol. The number of benzene rings is 2. The number of amides is 1. The summed E-state index contributed by atoms with van der Waals surface area (Å²) in [6.07, 6.45) is -2.79. The molecule has 0 aliphatic carbocycles. The van der Waals surface area contributed by atoms with Gasteiger partial charge in [-0.05, 0) is 49.4 Å². The van der Waals surface area contributed by atoms with E-state index in [-0.39, 0.29) is 18.6 Å². The smallest absolute Gasteiger partial charge is 0.394 e. The number of alkyl halides is 3. The number of aliphatic hydroxyl groups excluding tert-OH is 1. The molecule has 1 amide bonds. The fraction of sp³-hybridized carbons (Fsp3) is 0.238. The summed E-state index contributed by atoms with van der Waals surface area (Å²) in [7, 11) is 1.81. The molecule has 0 saturated carbocycles. The zero-order chi connectivity index (χ0) is 21.6. The first-order valence-corrected chi connectivity index (χ1v) is 9.25. The first kappa shape index (κ1) is 20.0. The molecule has 0 aliphatic rings. The van der Waals surface area contributed by atoms with Crippen molar-refractivity contribution in [2.45, 2.75) is 19.1 Å². The van der Waals surface area contributed by atoms with Gasteiger partial charge in [0.15, 0.2) is 5.65 Å². The van der Waals surface area contributed by atoms with Gasteiger partial charge in [-0.2, -0.15) is 13.2 Å². The molecule has 9 heteroatoms. The minimum Gasteiger partial charge on any atom is -0.394 e. The molecule has 0 unspecified atom stereocenters. The van der Waals surface area contributed by atoms with Crippen molar-refractivity contribution in [2.24, 2.45) is 7.05 Å². The Bertz CT molecular complexity index is 1240. The zero-order valence-electron chi connectivity index (χ0n) is 16.2. The van der Waals surface area contributed by atoms with Crippen LogP contribution in [0.1, 0.15) is 22.8 Å². The average Bonchev–Trinajstić information content (AvgIpc) is 3.24. The van der Waals surface area contributed by atoms with Gasteiger partial charge in [0.1, 0.15) is 0 Å². The van der Waals surface area contributed by atoms with E-state index < -0.39 is 11.7 Å². The molecule has 2 aromatic heterocycles. The Morgan fingerprint density at radius 3 is 2.53 bits per heavy atom. The van der Waals surface area contributed by atoms with E-state index in [2.05, 4.69) is 10.3 Å². The quantitative estimate of drug-likeness (QED) is 0.534. The number of aryl methyl sites for hydroxylation is 1. The number of hydrogen-bond donors (Lipinski definition) is 2. The number of aliphatic hydroxyl groups is 1. The summed E-state index contributed by atoms with van der Waals surface area (Å²) >= 11 is 0. The monoisotopic (exact) mass is 416 g/mol. The van der Waals surface area contributed by atoms with Crippen LogP contribution in [0.4, 0.5) is 13.2 Å². The predicted octanol–water partition coefficient (Wildman–Crippen LogP) is 3.65. The number of nitrogens with zero attached hydrogens (tertiary/aromatic N) is 3.